The number of rotatable bonds is 3. The molecular formula is C28H23F. The lowest BCUT2D eigenvalue weighted by Gasteiger charge is -2.08. The van der Waals surface area contributed by atoms with Gasteiger partial charge in [-0.1, -0.05) is 77.6 Å². The van der Waals surface area contributed by atoms with E-state index in [2.05, 4.69) is 62.1 Å². The van der Waals surface area contributed by atoms with Crippen LogP contribution in [0.1, 0.15) is 33.4 Å². The first-order valence-electron chi connectivity index (χ1n) is 9.94. The van der Waals surface area contributed by atoms with Crippen LogP contribution in [-0.4, -0.2) is 0 Å². The van der Waals surface area contributed by atoms with Crippen molar-refractivity contribution >= 4 is 10.8 Å². The zero-order valence-electron chi connectivity index (χ0n) is 16.8. The van der Waals surface area contributed by atoms with Gasteiger partial charge in [0.2, 0.25) is 0 Å². The van der Waals surface area contributed by atoms with Crippen LogP contribution in [-0.2, 0) is 12.8 Å². The van der Waals surface area contributed by atoms with Gasteiger partial charge in [-0.3, -0.25) is 0 Å². The molecule has 0 spiro atoms. The Morgan fingerprint density at radius 3 is 2.00 bits per heavy atom. The summed E-state index contributed by atoms with van der Waals surface area (Å²) < 4.78 is 15.0. The first-order chi connectivity index (χ1) is 14.1. The molecule has 29 heavy (non-hydrogen) atoms. The Morgan fingerprint density at radius 2 is 1.28 bits per heavy atom. The van der Waals surface area contributed by atoms with E-state index in [9.17, 15) is 0 Å². The Labute approximate surface area is 172 Å². The van der Waals surface area contributed by atoms with E-state index >= 15 is 4.39 Å². The average Bonchev–Trinajstić information content (AvgIpc) is 2.74. The van der Waals surface area contributed by atoms with Crippen LogP contribution in [0.15, 0.2) is 78.9 Å². The third-order valence-corrected chi connectivity index (χ3v) is 5.24. The summed E-state index contributed by atoms with van der Waals surface area (Å²) in [7, 11) is 0. The van der Waals surface area contributed by atoms with E-state index in [1.54, 1.807) is 0 Å². The molecule has 0 fully saturated rings. The lowest BCUT2D eigenvalue weighted by atomic mass is 9.99. The Morgan fingerprint density at radius 1 is 0.655 bits per heavy atom. The maximum Gasteiger partial charge on any atom is 0.134 e. The second kappa shape index (κ2) is 8.33. The van der Waals surface area contributed by atoms with Gasteiger partial charge in [0.25, 0.3) is 0 Å². The first kappa shape index (κ1) is 19.0. The van der Waals surface area contributed by atoms with Crippen molar-refractivity contribution in [2.45, 2.75) is 26.7 Å². The molecule has 0 saturated heterocycles. The first-order valence-corrected chi connectivity index (χ1v) is 9.94. The fourth-order valence-corrected chi connectivity index (χ4v) is 3.42. The summed E-state index contributed by atoms with van der Waals surface area (Å²) in [5.74, 6) is 6.24. The van der Waals surface area contributed by atoms with Crippen LogP contribution in [0.2, 0.25) is 0 Å². The van der Waals surface area contributed by atoms with Crippen molar-refractivity contribution < 1.29 is 4.39 Å². The summed E-state index contributed by atoms with van der Waals surface area (Å²) in [5, 5.41) is 1.55. The predicted octanol–water partition coefficient (Wildman–Crippen LogP) is 6.78. The van der Waals surface area contributed by atoms with E-state index in [-0.39, 0.29) is 5.82 Å². The minimum atomic E-state index is -0.118. The maximum absolute atomic E-state index is 15.0. The van der Waals surface area contributed by atoms with Gasteiger partial charge in [0, 0.05) is 16.5 Å². The Hall–Kier alpha value is -3.37. The van der Waals surface area contributed by atoms with Crippen molar-refractivity contribution in [1.82, 2.24) is 0 Å². The van der Waals surface area contributed by atoms with Gasteiger partial charge in [0.05, 0.1) is 0 Å². The minimum absolute atomic E-state index is 0.118. The molecule has 0 aliphatic carbocycles. The SMILES string of the molecule is Cc1ccc(C#Cc2ccc3c(F)c(CCc4ccc(C)cc4)ccc3c2)cc1. The van der Waals surface area contributed by atoms with E-state index < -0.39 is 0 Å². The summed E-state index contributed by atoms with van der Waals surface area (Å²) in [6.45, 7) is 4.14. The average molecular weight is 378 g/mol. The van der Waals surface area contributed by atoms with Gasteiger partial charge in [0.15, 0.2) is 0 Å². The number of halogens is 1. The van der Waals surface area contributed by atoms with Crippen molar-refractivity contribution in [3.05, 3.63) is 118 Å². The maximum atomic E-state index is 15.0. The van der Waals surface area contributed by atoms with Gasteiger partial charge in [0.1, 0.15) is 5.82 Å². The minimum Gasteiger partial charge on any atom is -0.206 e. The summed E-state index contributed by atoms with van der Waals surface area (Å²) in [5.41, 5.74) is 6.33. The van der Waals surface area contributed by atoms with Gasteiger partial charge in [-0.2, -0.15) is 0 Å². The van der Waals surface area contributed by atoms with E-state index in [0.29, 0.717) is 11.8 Å². The molecule has 0 heterocycles. The summed E-state index contributed by atoms with van der Waals surface area (Å²) in [6.07, 6.45) is 1.53. The van der Waals surface area contributed by atoms with Crippen LogP contribution in [0, 0.1) is 31.5 Å². The smallest absolute Gasteiger partial charge is 0.134 e. The zero-order valence-corrected chi connectivity index (χ0v) is 16.8. The fourth-order valence-electron chi connectivity index (χ4n) is 3.42. The summed E-state index contributed by atoms with van der Waals surface area (Å²) in [4.78, 5) is 0. The van der Waals surface area contributed by atoms with Crippen LogP contribution in [0.5, 0.6) is 0 Å². The molecule has 0 aromatic heterocycles. The Bertz CT molecular complexity index is 1200. The van der Waals surface area contributed by atoms with Gasteiger partial charge < -0.3 is 0 Å². The molecule has 0 nitrogen and oxygen atoms in total. The van der Waals surface area contributed by atoms with Crippen LogP contribution in [0.25, 0.3) is 10.8 Å². The quantitative estimate of drug-likeness (QED) is 0.345. The fraction of sp³-hybridized carbons (Fsp3) is 0.143. The summed E-state index contributed by atoms with van der Waals surface area (Å²) >= 11 is 0. The van der Waals surface area contributed by atoms with Crippen LogP contribution in [0.4, 0.5) is 4.39 Å². The van der Waals surface area contributed by atoms with E-state index in [1.165, 1.54) is 16.7 Å². The molecule has 0 radical (unpaired) electrons. The van der Waals surface area contributed by atoms with Crippen molar-refractivity contribution in [2.24, 2.45) is 0 Å². The molecule has 142 valence electrons. The molecule has 0 saturated carbocycles. The highest BCUT2D eigenvalue weighted by Crippen LogP contribution is 2.23. The van der Waals surface area contributed by atoms with Gasteiger partial charge >= 0.3 is 0 Å². The van der Waals surface area contributed by atoms with Crippen molar-refractivity contribution in [1.29, 1.82) is 0 Å². The van der Waals surface area contributed by atoms with Crippen LogP contribution >= 0.6 is 0 Å². The lowest BCUT2D eigenvalue weighted by molar-refractivity contribution is 0.620. The largest absolute Gasteiger partial charge is 0.206 e. The highest BCUT2D eigenvalue weighted by Gasteiger charge is 2.08. The molecule has 0 amide bonds. The topological polar surface area (TPSA) is 0 Å². The van der Waals surface area contributed by atoms with Crippen molar-refractivity contribution in [3.63, 3.8) is 0 Å². The highest BCUT2D eigenvalue weighted by atomic mass is 19.1. The van der Waals surface area contributed by atoms with Gasteiger partial charge in [-0.05, 0) is 67.5 Å². The number of aryl methyl sites for hydroxylation is 4. The second-order valence-corrected chi connectivity index (χ2v) is 7.58. The summed E-state index contributed by atoms with van der Waals surface area (Å²) in [6, 6.07) is 26.2. The second-order valence-electron chi connectivity index (χ2n) is 7.58. The van der Waals surface area contributed by atoms with Crippen LogP contribution in [0.3, 0.4) is 0 Å². The molecule has 0 aliphatic heterocycles. The third kappa shape index (κ3) is 4.55. The van der Waals surface area contributed by atoms with Gasteiger partial charge in [-0.15, -0.1) is 0 Å². The molecule has 0 aliphatic rings. The number of fused-ring (bicyclic) bond motifs is 1. The number of hydrogen-bond donors (Lipinski definition) is 0. The zero-order chi connectivity index (χ0) is 20.2. The van der Waals surface area contributed by atoms with E-state index in [1.807, 2.05) is 42.5 Å². The molecule has 0 bridgehead atoms. The van der Waals surface area contributed by atoms with Crippen LogP contribution < -0.4 is 0 Å². The molecule has 0 unspecified atom stereocenters. The Kier molecular flexibility index (Phi) is 5.45. The van der Waals surface area contributed by atoms with Crippen molar-refractivity contribution in [3.8, 4) is 11.8 Å². The third-order valence-electron chi connectivity index (χ3n) is 5.24. The lowest BCUT2D eigenvalue weighted by Crippen LogP contribution is -1.96. The Balaban J connectivity index is 1.55. The number of benzene rings is 4. The predicted molar refractivity (Wildman–Crippen MR) is 120 cm³/mol. The van der Waals surface area contributed by atoms with Crippen molar-refractivity contribution in [2.75, 3.05) is 0 Å². The molecule has 0 atom stereocenters. The molecule has 4 aromatic carbocycles. The number of hydrogen-bond acceptors (Lipinski definition) is 0. The molecule has 4 aromatic rings. The van der Waals surface area contributed by atoms with Gasteiger partial charge in [-0.25, -0.2) is 4.39 Å². The normalized spacial score (nSPS) is 10.6. The van der Waals surface area contributed by atoms with E-state index in [4.69, 9.17) is 0 Å². The molecule has 4 rings (SSSR count). The monoisotopic (exact) mass is 378 g/mol. The van der Waals surface area contributed by atoms with E-state index in [0.717, 1.165) is 28.5 Å². The molecular weight excluding hydrogens is 355 g/mol. The standard InChI is InChI=1S/C28H23F/c1-20-3-7-22(8-4-20)11-12-24-14-18-27-26(19-24)17-16-25(28(27)29)15-13-23-9-5-21(2)6-10-23/h3-10,14,16-19H,13,15H2,1-2H3. The highest BCUT2D eigenvalue weighted by molar-refractivity contribution is 5.85. The molecule has 0 N–H and O–H groups in total. The molecule has 1 heteroatoms.